The predicted molar refractivity (Wildman–Crippen MR) is 52.7 cm³/mol. The number of ether oxygens (including phenoxy) is 1. The van der Waals surface area contributed by atoms with Crippen LogP contribution in [-0.4, -0.2) is 35.1 Å². The van der Waals surface area contributed by atoms with Gasteiger partial charge in [0.2, 0.25) is 11.8 Å². The minimum Gasteiger partial charge on any atom is -0.480 e. The number of nitrogens with one attached hydrogen (secondary N) is 1. The summed E-state index contributed by atoms with van der Waals surface area (Å²) in [6, 6.07) is 3.01. The lowest BCUT2D eigenvalue weighted by molar-refractivity contribution is -0.119. The largest absolute Gasteiger partial charge is 0.480 e. The number of aromatic nitrogens is 2. The van der Waals surface area contributed by atoms with Gasteiger partial charge >= 0.3 is 0 Å². The van der Waals surface area contributed by atoms with Crippen LogP contribution < -0.4 is 10.1 Å². The van der Waals surface area contributed by atoms with Gasteiger partial charge in [0.25, 0.3) is 0 Å². The zero-order valence-corrected chi connectivity index (χ0v) is 8.39. The van der Waals surface area contributed by atoms with E-state index in [2.05, 4.69) is 20.5 Å². The Hall–Kier alpha value is -1.98. The van der Waals surface area contributed by atoms with Crippen LogP contribution in [0.3, 0.4) is 0 Å². The van der Waals surface area contributed by atoms with Crippen molar-refractivity contribution in [1.82, 2.24) is 15.5 Å². The second kappa shape index (κ2) is 3.64. The van der Waals surface area contributed by atoms with Gasteiger partial charge in [-0.25, -0.2) is 0 Å². The Morgan fingerprint density at radius 3 is 2.67 bits per heavy atom. The Kier molecular flexibility index (Phi) is 2.32. The van der Waals surface area contributed by atoms with E-state index < -0.39 is 0 Å². The van der Waals surface area contributed by atoms with E-state index in [4.69, 9.17) is 4.74 Å². The van der Waals surface area contributed by atoms with Gasteiger partial charge in [0.05, 0.1) is 7.11 Å². The van der Waals surface area contributed by atoms with Crippen LogP contribution in [0.25, 0.3) is 0 Å². The van der Waals surface area contributed by atoms with Crippen molar-refractivity contribution >= 4 is 11.7 Å². The number of methoxy groups -OCH3 is 1. The van der Waals surface area contributed by atoms with E-state index in [1.165, 1.54) is 7.11 Å². The first-order chi connectivity index (χ1) is 7.20. The predicted octanol–water partition coefficient (Wildman–Crippen LogP) is -0.250. The highest BCUT2D eigenvalue weighted by molar-refractivity contribution is 6.12. The number of nitrogens with zero attached hydrogens (tertiary/aromatic N) is 3. The molecule has 0 saturated heterocycles. The van der Waals surface area contributed by atoms with Crippen LogP contribution in [0.5, 0.6) is 5.88 Å². The van der Waals surface area contributed by atoms with Gasteiger partial charge in [-0.1, -0.05) is 0 Å². The highest BCUT2D eigenvalue weighted by Gasteiger charge is 2.23. The van der Waals surface area contributed by atoms with Gasteiger partial charge < -0.3 is 10.1 Å². The van der Waals surface area contributed by atoms with Gasteiger partial charge in [0.1, 0.15) is 11.7 Å². The Morgan fingerprint density at radius 1 is 1.40 bits per heavy atom. The molecule has 1 aromatic heterocycles. The SMILES string of the molecule is COc1ccc(C2=NC(C)C(=O)N2)nn1. The molecule has 1 aliphatic heterocycles. The molecule has 1 aromatic rings. The van der Waals surface area contributed by atoms with E-state index in [0.29, 0.717) is 17.4 Å². The smallest absolute Gasteiger partial charge is 0.250 e. The zero-order valence-electron chi connectivity index (χ0n) is 8.39. The van der Waals surface area contributed by atoms with Gasteiger partial charge in [-0.15, -0.1) is 10.2 Å². The molecule has 1 amide bonds. The van der Waals surface area contributed by atoms with E-state index in [1.807, 2.05) is 0 Å². The first kappa shape index (κ1) is 9.57. The van der Waals surface area contributed by atoms with Crippen molar-refractivity contribution in [3.8, 4) is 5.88 Å². The molecule has 78 valence electrons. The van der Waals surface area contributed by atoms with Crippen molar-refractivity contribution in [2.75, 3.05) is 7.11 Å². The second-order valence-electron chi connectivity index (χ2n) is 3.10. The summed E-state index contributed by atoms with van der Waals surface area (Å²) in [5.74, 6) is 0.766. The number of aliphatic imine (C=N–C) groups is 1. The van der Waals surface area contributed by atoms with E-state index in [0.717, 1.165) is 0 Å². The molecule has 6 nitrogen and oxygen atoms in total. The molecule has 0 aliphatic carbocycles. The highest BCUT2D eigenvalue weighted by Crippen LogP contribution is 2.07. The molecule has 1 unspecified atom stereocenters. The third kappa shape index (κ3) is 1.78. The van der Waals surface area contributed by atoms with E-state index >= 15 is 0 Å². The van der Waals surface area contributed by atoms with Crippen molar-refractivity contribution in [2.45, 2.75) is 13.0 Å². The van der Waals surface area contributed by atoms with Crippen molar-refractivity contribution in [3.63, 3.8) is 0 Å². The van der Waals surface area contributed by atoms with Crippen LogP contribution in [0.1, 0.15) is 12.6 Å². The molecule has 0 bridgehead atoms. The number of carbonyl (C=O) groups excluding carboxylic acids is 1. The third-order valence-electron chi connectivity index (χ3n) is 2.04. The Labute approximate surface area is 86.4 Å². The average molecular weight is 206 g/mol. The van der Waals surface area contributed by atoms with Gasteiger partial charge in [-0.2, -0.15) is 0 Å². The van der Waals surface area contributed by atoms with Crippen molar-refractivity contribution in [2.24, 2.45) is 4.99 Å². The Bertz CT molecular complexity index is 413. The molecule has 0 spiro atoms. The minimum absolute atomic E-state index is 0.123. The van der Waals surface area contributed by atoms with Crippen LogP contribution in [-0.2, 0) is 4.79 Å². The molecule has 0 saturated carbocycles. The molecule has 6 heteroatoms. The molecule has 0 radical (unpaired) electrons. The summed E-state index contributed by atoms with van der Waals surface area (Å²) in [4.78, 5) is 15.3. The molecule has 0 fully saturated rings. The number of rotatable bonds is 2. The van der Waals surface area contributed by atoms with E-state index in [1.54, 1.807) is 19.1 Å². The first-order valence-corrected chi connectivity index (χ1v) is 4.47. The summed E-state index contributed by atoms with van der Waals surface area (Å²) in [6.07, 6.45) is 0. The van der Waals surface area contributed by atoms with Crippen molar-refractivity contribution in [3.05, 3.63) is 17.8 Å². The minimum atomic E-state index is -0.357. The summed E-state index contributed by atoms with van der Waals surface area (Å²) in [5.41, 5.74) is 0.536. The molecule has 1 N–H and O–H groups in total. The summed E-state index contributed by atoms with van der Waals surface area (Å²) in [7, 11) is 1.51. The maximum absolute atomic E-state index is 11.2. The Morgan fingerprint density at radius 2 is 2.20 bits per heavy atom. The lowest BCUT2D eigenvalue weighted by atomic mass is 10.3. The molecule has 2 rings (SSSR count). The number of amides is 1. The normalized spacial score (nSPS) is 19.7. The van der Waals surface area contributed by atoms with Crippen LogP contribution in [0.4, 0.5) is 0 Å². The Balaban J connectivity index is 2.24. The lowest BCUT2D eigenvalue weighted by Crippen LogP contribution is -2.28. The molecule has 2 heterocycles. The molecular weight excluding hydrogens is 196 g/mol. The maximum Gasteiger partial charge on any atom is 0.250 e. The summed E-state index contributed by atoms with van der Waals surface area (Å²) >= 11 is 0. The third-order valence-corrected chi connectivity index (χ3v) is 2.04. The first-order valence-electron chi connectivity index (χ1n) is 4.47. The molecule has 1 atom stereocenters. The summed E-state index contributed by atoms with van der Waals surface area (Å²) in [6.45, 7) is 1.72. The molecular formula is C9H10N4O2. The van der Waals surface area contributed by atoms with Gasteiger partial charge in [0, 0.05) is 6.07 Å². The maximum atomic E-state index is 11.2. The van der Waals surface area contributed by atoms with Gasteiger partial charge in [-0.05, 0) is 13.0 Å². The van der Waals surface area contributed by atoms with Crippen LogP contribution in [0, 0.1) is 0 Å². The summed E-state index contributed by atoms with van der Waals surface area (Å²) < 4.78 is 4.87. The standard InChI is InChI=1S/C9H10N4O2/c1-5-9(14)11-8(10-5)6-3-4-7(15-2)13-12-6/h3-5H,1-2H3,(H,10,11,14). The monoisotopic (exact) mass is 206 g/mol. The fourth-order valence-corrected chi connectivity index (χ4v) is 1.19. The fourth-order valence-electron chi connectivity index (χ4n) is 1.19. The van der Waals surface area contributed by atoms with Gasteiger partial charge in [-0.3, -0.25) is 9.79 Å². The summed E-state index contributed by atoms with van der Waals surface area (Å²) in [5, 5.41) is 10.3. The average Bonchev–Trinajstić information content (AvgIpc) is 2.59. The van der Waals surface area contributed by atoms with Crippen LogP contribution >= 0.6 is 0 Å². The zero-order chi connectivity index (χ0) is 10.8. The number of amidine groups is 1. The van der Waals surface area contributed by atoms with E-state index in [-0.39, 0.29) is 11.9 Å². The fraction of sp³-hybridized carbons (Fsp3) is 0.333. The van der Waals surface area contributed by atoms with Crippen molar-refractivity contribution < 1.29 is 9.53 Å². The van der Waals surface area contributed by atoms with E-state index in [9.17, 15) is 4.79 Å². The number of hydrogen-bond donors (Lipinski definition) is 1. The number of carbonyl (C=O) groups is 1. The molecule has 15 heavy (non-hydrogen) atoms. The highest BCUT2D eigenvalue weighted by atomic mass is 16.5. The molecule has 0 aromatic carbocycles. The van der Waals surface area contributed by atoms with Gasteiger partial charge in [0.15, 0.2) is 5.84 Å². The number of hydrogen-bond acceptors (Lipinski definition) is 5. The quantitative estimate of drug-likeness (QED) is 0.723. The van der Waals surface area contributed by atoms with Crippen LogP contribution in [0.15, 0.2) is 17.1 Å². The van der Waals surface area contributed by atoms with Crippen LogP contribution in [0.2, 0.25) is 0 Å². The molecule has 1 aliphatic rings. The lowest BCUT2D eigenvalue weighted by Gasteiger charge is -2.00. The van der Waals surface area contributed by atoms with Crippen molar-refractivity contribution in [1.29, 1.82) is 0 Å². The second-order valence-corrected chi connectivity index (χ2v) is 3.10. The topological polar surface area (TPSA) is 76.5 Å².